The van der Waals surface area contributed by atoms with Crippen molar-refractivity contribution in [2.45, 2.75) is 44.0 Å². The highest BCUT2D eigenvalue weighted by Gasteiger charge is 2.22. The van der Waals surface area contributed by atoms with E-state index in [4.69, 9.17) is 11.6 Å². The summed E-state index contributed by atoms with van der Waals surface area (Å²) in [6, 6.07) is 4.99. The zero-order valence-corrected chi connectivity index (χ0v) is 16.9. The Morgan fingerprint density at radius 3 is 2.69 bits per heavy atom. The molecular formula is C18H28ClN3O3S. The fraction of sp³-hybridized carbons (Fsp3) is 0.611. The Morgan fingerprint density at radius 2 is 2.04 bits per heavy atom. The number of nitrogens with zero attached hydrogens (tertiary/aromatic N) is 1. The van der Waals surface area contributed by atoms with E-state index in [0.717, 1.165) is 32.0 Å². The van der Waals surface area contributed by atoms with Gasteiger partial charge in [-0.15, -0.1) is 0 Å². The van der Waals surface area contributed by atoms with Gasteiger partial charge in [0.2, 0.25) is 15.9 Å². The molecule has 1 aliphatic heterocycles. The molecule has 0 aromatic heterocycles. The predicted molar refractivity (Wildman–Crippen MR) is 104 cm³/mol. The molecule has 1 fully saturated rings. The second kappa shape index (κ2) is 9.69. The third-order valence-corrected chi connectivity index (χ3v) is 6.35. The van der Waals surface area contributed by atoms with E-state index in [1.54, 1.807) is 0 Å². The quantitative estimate of drug-likeness (QED) is 0.655. The molecule has 0 spiro atoms. The molecule has 0 saturated carbocycles. The van der Waals surface area contributed by atoms with Gasteiger partial charge in [0.15, 0.2) is 0 Å². The van der Waals surface area contributed by atoms with Crippen molar-refractivity contribution >= 4 is 27.5 Å². The zero-order valence-electron chi connectivity index (χ0n) is 15.4. The molecule has 146 valence electrons. The van der Waals surface area contributed by atoms with Crippen LogP contribution in [-0.2, 0) is 14.8 Å². The fourth-order valence-electron chi connectivity index (χ4n) is 3.13. The van der Waals surface area contributed by atoms with Gasteiger partial charge >= 0.3 is 0 Å². The number of amides is 1. The lowest BCUT2D eigenvalue weighted by Crippen LogP contribution is -2.45. The van der Waals surface area contributed by atoms with E-state index in [-0.39, 0.29) is 10.8 Å². The van der Waals surface area contributed by atoms with Crippen molar-refractivity contribution in [2.75, 3.05) is 26.2 Å². The summed E-state index contributed by atoms with van der Waals surface area (Å²) in [5.41, 5.74) is 0. The Bertz CT molecular complexity index is 694. The average Bonchev–Trinajstić information content (AvgIpc) is 2.58. The Kier molecular flexibility index (Phi) is 7.88. The number of hydrogen-bond donors (Lipinski definition) is 2. The topological polar surface area (TPSA) is 78.5 Å². The van der Waals surface area contributed by atoms with Gasteiger partial charge in [-0.3, -0.25) is 4.79 Å². The maximum atomic E-state index is 12.3. The van der Waals surface area contributed by atoms with E-state index in [9.17, 15) is 13.2 Å². The second-order valence-electron chi connectivity index (χ2n) is 6.99. The molecule has 6 nitrogen and oxygen atoms in total. The Morgan fingerprint density at radius 1 is 1.35 bits per heavy atom. The number of halogens is 1. The normalized spacial score (nSPS) is 19.9. The minimum Gasteiger partial charge on any atom is -0.355 e. The molecule has 1 aliphatic rings. The smallest absolute Gasteiger partial charge is 0.241 e. The van der Waals surface area contributed by atoms with Crippen LogP contribution in [0.1, 0.15) is 33.1 Å². The molecule has 1 saturated heterocycles. The van der Waals surface area contributed by atoms with Crippen LogP contribution in [0.5, 0.6) is 0 Å². The molecule has 0 bridgehead atoms. The molecule has 2 atom stereocenters. The maximum Gasteiger partial charge on any atom is 0.241 e. The second-order valence-corrected chi connectivity index (χ2v) is 9.14. The van der Waals surface area contributed by atoms with E-state index >= 15 is 0 Å². The summed E-state index contributed by atoms with van der Waals surface area (Å²) in [5, 5.41) is 3.26. The van der Waals surface area contributed by atoms with Crippen LogP contribution in [-0.4, -0.2) is 51.4 Å². The predicted octanol–water partition coefficient (Wildman–Crippen LogP) is 2.25. The molecule has 1 amide bonds. The number of carbonyl (C=O) groups excluding carboxylic acids is 1. The monoisotopic (exact) mass is 401 g/mol. The van der Waals surface area contributed by atoms with Crippen LogP contribution in [0.4, 0.5) is 0 Å². The van der Waals surface area contributed by atoms with E-state index in [0.29, 0.717) is 11.6 Å². The van der Waals surface area contributed by atoms with Crippen LogP contribution in [0.3, 0.4) is 0 Å². The summed E-state index contributed by atoms with van der Waals surface area (Å²) in [7, 11) is -3.75. The molecular weight excluding hydrogens is 374 g/mol. The molecule has 1 heterocycles. The molecule has 1 aromatic carbocycles. The van der Waals surface area contributed by atoms with Gasteiger partial charge in [-0.2, -0.15) is 4.72 Å². The van der Waals surface area contributed by atoms with Gasteiger partial charge in [-0.1, -0.05) is 18.5 Å². The summed E-state index contributed by atoms with van der Waals surface area (Å²) in [5.74, 6) is 0.412. The summed E-state index contributed by atoms with van der Waals surface area (Å²) in [6.45, 7) is 7.53. The molecule has 1 aromatic rings. The van der Waals surface area contributed by atoms with Crippen molar-refractivity contribution in [1.29, 1.82) is 0 Å². The van der Waals surface area contributed by atoms with Gasteiger partial charge in [0, 0.05) is 18.1 Å². The molecule has 2 rings (SSSR count). The number of benzene rings is 1. The fourth-order valence-corrected chi connectivity index (χ4v) is 4.45. The third kappa shape index (κ3) is 6.54. The Hall–Kier alpha value is -1.15. The van der Waals surface area contributed by atoms with Crippen LogP contribution in [0.25, 0.3) is 0 Å². The van der Waals surface area contributed by atoms with Crippen molar-refractivity contribution in [3.63, 3.8) is 0 Å². The molecule has 2 N–H and O–H groups in total. The van der Waals surface area contributed by atoms with Crippen molar-refractivity contribution in [2.24, 2.45) is 5.92 Å². The minimum atomic E-state index is -3.75. The number of nitrogens with one attached hydrogen (secondary N) is 2. The number of likely N-dealkylation sites (tertiary alicyclic amines) is 1. The number of carbonyl (C=O) groups is 1. The number of hydrogen-bond acceptors (Lipinski definition) is 4. The standard InChI is InChI=1S/C18H28ClN3O3S/c1-14-5-3-11-22(13-14)12-4-10-20-18(23)15(2)21-26(24,25)17-8-6-16(19)7-9-17/h6-9,14-15,21H,3-5,10-13H2,1-2H3,(H,20,23)/t14?,15-/m0/s1. The number of sulfonamides is 1. The van der Waals surface area contributed by atoms with Crippen LogP contribution in [0, 0.1) is 5.92 Å². The van der Waals surface area contributed by atoms with Crippen molar-refractivity contribution < 1.29 is 13.2 Å². The average molecular weight is 402 g/mol. The van der Waals surface area contributed by atoms with Gasteiger partial charge in [-0.25, -0.2) is 8.42 Å². The van der Waals surface area contributed by atoms with E-state index in [1.807, 2.05) is 0 Å². The summed E-state index contributed by atoms with van der Waals surface area (Å²) in [6.07, 6.45) is 3.38. The van der Waals surface area contributed by atoms with Gasteiger partial charge in [-0.05, 0) is 69.5 Å². The SMILES string of the molecule is CC1CCCN(CCCNC(=O)[C@H](C)NS(=O)(=O)c2ccc(Cl)cc2)C1. The Balaban J connectivity index is 1.74. The minimum absolute atomic E-state index is 0.0840. The third-order valence-electron chi connectivity index (χ3n) is 4.54. The van der Waals surface area contributed by atoms with Crippen molar-refractivity contribution in [3.05, 3.63) is 29.3 Å². The summed E-state index contributed by atoms with van der Waals surface area (Å²) in [4.78, 5) is 14.6. The largest absolute Gasteiger partial charge is 0.355 e. The van der Waals surface area contributed by atoms with Crippen LogP contribution in [0.2, 0.25) is 5.02 Å². The molecule has 26 heavy (non-hydrogen) atoms. The first-order valence-corrected chi connectivity index (χ1v) is 10.9. The first-order chi connectivity index (χ1) is 12.3. The maximum absolute atomic E-state index is 12.3. The summed E-state index contributed by atoms with van der Waals surface area (Å²) >= 11 is 5.77. The highest BCUT2D eigenvalue weighted by molar-refractivity contribution is 7.89. The lowest BCUT2D eigenvalue weighted by atomic mass is 10.0. The Labute approximate surface area is 161 Å². The lowest BCUT2D eigenvalue weighted by Gasteiger charge is -2.30. The molecule has 8 heteroatoms. The molecule has 0 aliphatic carbocycles. The first-order valence-electron chi connectivity index (χ1n) is 9.06. The highest BCUT2D eigenvalue weighted by atomic mass is 35.5. The number of rotatable bonds is 8. The molecule has 1 unspecified atom stereocenters. The van der Waals surface area contributed by atoms with Crippen LogP contribution < -0.4 is 10.0 Å². The highest BCUT2D eigenvalue weighted by Crippen LogP contribution is 2.15. The van der Waals surface area contributed by atoms with Crippen molar-refractivity contribution in [1.82, 2.24) is 14.9 Å². The van der Waals surface area contributed by atoms with Crippen LogP contribution >= 0.6 is 11.6 Å². The van der Waals surface area contributed by atoms with Gasteiger partial charge in [0.25, 0.3) is 0 Å². The molecule has 0 radical (unpaired) electrons. The van der Waals surface area contributed by atoms with Crippen molar-refractivity contribution in [3.8, 4) is 0 Å². The number of piperidine rings is 1. The van der Waals surface area contributed by atoms with Gasteiger partial charge < -0.3 is 10.2 Å². The van der Waals surface area contributed by atoms with E-state index in [2.05, 4.69) is 21.9 Å². The van der Waals surface area contributed by atoms with E-state index < -0.39 is 16.1 Å². The van der Waals surface area contributed by atoms with Gasteiger partial charge in [0.1, 0.15) is 0 Å². The zero-order chi connectivity index (χ0) is 19.2. The van der Waals surface area contributed by atoms with Crippen LogP contribution in [0.15, 0.2) is 29.2 Å². The summed E-state index contributed by atoms with van der Waals surface area (Å²) < 4.78 is 27.0. The lowest BCUT2D eigenvalue weighted by molar-refractivity contribution is -0.122. The van der Waals surface area contributed by atoms with Gasteiger partial charge in [0.05, 0.1) is 10.9 Å². The van der Waals surface area contributed by atoms with E-state index in [1.165, 1.54) is 44.0 Å². The first kappa shape index (κ1) is 21.2.